The van der Waals surface area contributed by atoms with Crippen LogP contribution >= 0.6 is 27.3 Å². The van der Waals surface area contributed by atoms with Crippen molar-refractivity contribution in [3.05, 3.63) is 52.5 Å². The van der Waals surface area contributed by atoms with Crippen molar-refractivity contribution >= 4 is 43.0 Å². The van der Waals surface area contributed by atoms with Crippen LogP contribution in [0.1, 0.15) is 5.82 Å². The number of pyridine rings is 1. The molecule has 6 nitrogen and oxygen atoms in total. The van der Waals surface area contributed by atoms with Gasteiger partial charge in [0, 0.05) is 12.4 Å². The first-order valence-corrected chi connectivity index (χ1v) is 9.29. The molecule has 3 heterocycles. The van der Waals surface area contributed by atoms with Crippen LogP contribution in [0.3, 0.4) is 0 Å². The molecule has 114 valence electrons. The molecule has 0 aliphatic heterocycles. The number of thiophene rings is 1. The fourth-order valence-corrected chi connectivity index (χ4v) is 4.91. The molecule has 3 rings (SSSR count). The first kappa shape index (κ1) is 15.2. The van der Waals surface area contributed by atoms with Gasteiger partial charge in [0.05, 0.1) is 15.7 Å². The van der Waals surface area contributed by atoms with Crippen molar-refractivity contribution in [3.63, 3.8) is 0 Å². The third kappa shape index (κ3) is 3.06. The standard InChI is InChI=1S/C13H11BrN4O2S2/c1-9-15-6-7-18(9)12-4-2-10(8-16-12)17-22(19,20)13-5-3-11(14)21-13/h2-8,17H,1H3. The molecule has 0 spiro atoms. The molecule has 0 saturated heterocycles. The highest BCUT2D eigenvalue weighted by atomic mass is 79.9. The zero-order chi connectivity index (χ0) is 15.7. The molecule has 0 saturated carbocycles. The van der Waals surface area contributed by atoms with E-state index < -0.39 is 10.0 Å². The Morgan fingerprint density at radius 3 is 2.59 bits per heavy atom. The van der Waals surface area contributed by atoms with Crippen LogP contribution in [0.15, 0.2) is 50.9 Å². The zero-order valence-corrected chi connectivity index (χ0v) is 14.6. The number of aryl methyl sites for hydroxylation is 1. The first-order valence-electron chi connectivity index (χ1n) is 6.20. The highest BCUT2D eigenvalue weighted by Gasteiger charge is 2.16. The second kappa shape index (κ2) is 5.82. The predicted molar refractivity (Wildman–Crippen MR) is 88.9 cm³/mol. The summed E-state index contributed by atoms with van der Waals surface area (Å²) in [5.41, 5.74) is 0.408. The van der Waals surface area contributed by atoms with Crippen molar-refractivity contribution in [1.29, 1.82) is 0 Å². The van der Waals surface area contributed by atoms with Gasteiger partial charge in [-0.25, -0.2) is 18.4 Å². The summed E-state index contributed by atoms with van der Waals surface area (Å²) >= 11 is 4.40. The average molecular weight is 399 g/mol. The highest BCUT2D eigenvalue weighted by Crippen LogP contribution is 2.27. The maximum Gasteiger partial charge on any atom is 0.271 e. The molecule has 0 radical (unpaired) electrons. The minimum atomic E-state index is -3.59. The zero-order valence-electron chi connectivity index (χ0n) is 11.4. The minimum absolute atomic E-state index is 0.244. The summed E-state index contributed by atoms with van der Waals surface area (Å²) in [5.74, 6) is 1.49. The molecule has 0 amide bonds. The molecule has 0 bridgehead atoms. The van der Waals surface area contributed by atoms with Gasteiger partial charge in [-0.1, -0.05) is 0 Å². The summed E-state index contributed by atoms with van der Waals surface area (Å²) in [6, 6.07) is 6.65. The molecule has 0 aromatic carbocycles. The number of hydrogen-bond acceptors (Lipinski definition) is 5. The topological polar surface area (TPSA) is 76.9 Å². The van der Waals surface area contributed by atoms with E-state index in [0.717, 1.165) is 20.9 Å². The van der Waals surface area contributed by atoms with Gasteiger partial charge in [0.2, 0.25) is 0 Å². The maximum atomic E-state index is 12.2. The van der Waals surface area contributed by atoms with Crippen LogP contribution in [0.4, 0.5) is 5.69 Å². The van der Waals surface area contributed by atoms with E-state index >= 15 is 0 Å². The molecule has 0 unspecified atom stereocenters. The summed E-state index contributed by atoms with van der Waals surface area (Å²) in [6.45, 7) is 1.87. The minimum Gasteiger partial charge on any atom is -0.288 e. The Labute approximate surface area is 140 Å². The molecule has 0 aliphatic carbocycles. The third-order valence-electron chi connectivity index (χ3n) is 2.89. The number of sulfonamides is 1. The summed E-state index contributed by atoms with van der Waals surface area (Å²) in [4.78, 5) is 8.38. The SMILES string of the molecule is Cc1nccn1-c1ccc(NS(=O)(=O)c2ccc(Br)s2)cn1. The van der Waals surface area contributed by atoms with Crippen LogP contribution in [0.25, 0.3) is 5.82 Å². The van der Waals surface area contributed by atoms with Gasteiger partial charge in [-0.2, -0.15) is 0 Å². The largest absolute Gasteiger partial charge is 0.288 e. The lowest BCUT2D eigenvalue weighted by atomic mass is 10.4. The molecule has 22 heavy (non-hydrogen) atoms. The van der Waals surface area contributed by atoms with E-state index in [2.05, 4.69) is 30.6 Å². The fraction of sp³-hybridized carbons (Fsp3) is 0.0769. The van der Waals surface area contributed by atoms with E-state index in [1.807, 2.05) is 11.5 Å². The van der Waals surface area contributed by atoms with Crippen molar-refractivity contribution < 1.29 is 8.42 Å². The van der Waals surface area contributed by atoms with Crippen LogP contribution in [0, 0.1) is 6.92 Å². The number of anilines is 1. The summed E-state index contributed by atoms with van der Waals surface area (Å²) in [6.07, 6.45) is 4.96. The fourth-order valence-electron chi connectivity index (χ4n) is 1.86. The Hall–Kier alpha value is -1.71. The highest BCUT2D eigenvalue weighted by molar-refractivity contribution is 9.11. The average Bonchev–Trinajstić information content (AvgIpc) is 3.08. The number of hydrogen-bond donors (Lipinski definition) is 1. The second-order valence-electron chi connectivity index (χ2n) is 4.41. The van der Waals surface area contributed by atoms with Crippen LogP contribution in [-0.4, -0.2) is 23.0 Å². The molecule has 0 aliphatic rings. The van der Waals surface area contributed by atoms with Gasteiger partial charge >= 0.3 is 0 Å². The van der Waals surface area contributed by atoms with Crippen molar-refractivity contribution in [2.75, 3.05) is 4.72 Å². The van der Waals surface area contributed by atoms with Gasteiger partial charge in [0.15, 0.2) is 0 Å². The summed E-state index contributed by atoms with van der Waals surface area (Å²) in [5, 5.41) is 0. The number of halogens is 1. The molecule has 0 fully saturated rings. The number of aromatic nitrogens is 3. The number of nitrogens with zero attached hydrogens (tertiary/aromatic N) is 3. The van der Waals surface area contributed by atoms with Crippen molar-refractivity contribution in [2.45, 2.75) is 11.1 Å². The van der Waals surface area contributed by atoms with E-state index in [1.165, 1.54) is 6.20 Å². The molecule has 3 aromatic rings. The Kier molecular flexibility index (Phi) is 4.02. The lowest BCUT2D eigenvalue weighted by Crippen LogP contribution is -2.11. The quantitative estimate of drug-likeness (QED) is 0.731. The summed E-state index contributed by atoms with van der Waals surface area (Å²) < 4.78 is 29.8. The van der Waals surface area contributed by atoms with E-state index in [0.29, 0.717) is 11.5 Å². The van der Waals surface area contributed by atoms with Crippen LogP contribution in [0.2, 0.25) is 0 Å². The van der Waals surface area contributed by atoms with Gasteiger partial charge in [-0.3, -0.25) is 9.29 Å². The first-order chi connectivity index (χ1) is 10.5. The van der Waals surface area contributed by atoms with Crippen LogP contribution in [0.5, 0.6) is 0 Å². The molecular formula is C13H11BrN4O2S2. The Morgan fingerprint density at radius 2 is 2.05 bits per heavy atom. The van der Waals surface area contributed by atoms with E-state index in [4.69, 9.17) is 0 Å². The molecule has 9 heteroatoms. The lowest BCUT2D eigenvalue weighted by Gasteiger charge is -2.08. The predicted octanol–water partition coefficient (Wildman–Crippen LogP) is 3.20. The van der Waals surface area contributed by atoms with E-state index in [1.54, 1.807) is 36.7 Å². The Balaban J connectivity index is 1.84. The van der Waals surface area contributed by atoms with Crippen LogP contribution in [-0.2, 0) is 10.0 Å². The third-order valence-corrected chi connectivity index (χ3v) is 6.38. The smallest absolute Gasteiger partial charge is 0.271 e. The van der Waals surface area contributed by atoms with Gasteiger partial charge in [-0.15, -0.1) is 11.3 Å². The lowest BCUT2D eigenvalue weighted by molar-refractivity contribution is 0.603. The molecular weight excluding hydrogens is 388 g/mol. The summed E-state index contributed by atoms with van der Waals surface area (Å²) in [7, 11) is -3.59. The van der Waals surface area contributed by atoms with E-state index in [-0.39, 0.29) is 4.21 Å². The number of nitrogens with one attached hydrogen (secondary N) is 1. The molecule has 3 aromatic heterocycles. The normalized spacial score (nSPS) is 11.5. The van der Waals surface area contributed by atoms with Crippen molar-refractivity contribution in [1.82, 2.24) is 14.5 Å². The van der Waals surface area contributed by atoms with Crippen molar-refractivity contribution in [3.8, 4) is 5.82 Å². The van der Waals surface area contributed by atoms with Gasteiger partial charge in [0.25, 0.3) is 10.0 Å². The molecule has 0 atom stereocenters. The van der Waals surface area contributed by atoms with E-state index in [9.17, 15) is 8.42 Å². The number of rotatable bonds is 4. The van der Waals surface area contributed by atoms with Gasteiger partial charge in [0.1, 0.15) is 15.9 Å². The van der Waals surface area contributed by atoms with Gasteiger partial charge in [-0.05, 0) is 47.1 Å². The Bertz CT molecular complexity index is 900. The molecule has 1 N–H and O–H groups in total. The van der Waals surface area contributed by atoms with Gasteiger partial charge < -0.3 is 0 Å². The monoisotopic (exact) mass is 398 g/mol. The number of imidazole rings is 1. The van der Waals surface area contributed by atoms with Crippen LogP contribution < -0.4 is 4.72 Å². The second-order valence-corrected chi connectivity index (χ2v) is 8.79. The Morgan fingerprint density at radius 1 is 1.23 bits per heavy atom. The maximum absolute atomic E-state index is 12.2. The van der Waals surface area contributed by atoms with Crippen molar-refractivity contribution in [2.24, 2.45) is 0 Å².